The van der Waals surface area contributed by atoms with Gasteiger partial charge in [0.05, 0.1) is 0 Å². The Balaban J connectivity index is 1.73. The van der Waals surface area contributed by atoms with Crippen molar-refractivity contribution in [3.8, 4) is 0 Å². The van der Waals surface area contributed by atoms with Crippen LogP contribution in [0.25, 0.3) is 0 Å². The normalized spacial score (nSPS) is 18.9. The second-order valence-corrected chi connectivity index (χ2v) is 5.20. The molecule has 3 nitrogen and oxygen atoms in total. The quantitative estimate of drug-likeness (QED) is 0.789. The molecule has 0 saturated heterocycles. The van der Waals surface area contributed by atoms with E-state index in [4.69, 9.17) is 5.73 Å². The Bertz CT molecular complexity index is 452. The molecular weight excluding hydrogens is 212 g/mol. The Morgan fingerprint density at radius 3 is 3.00 bits per heavy atom. The van der Waals surface area contributed by atoms with Crippen molar-refractivity contribution in [2.45, 2.75) is 32.2 Å². The molecule has 1 aliphatic carbocycles. The first-order valence-corrected chi connectivity index (χ1v) is 6.38. The summed E-state index contributed by atoms with van der Waals surface area (Å²) in [5.41, 5.74) is 9.28. The predicted octanol–water partition coefficient (Wildman–Crippen LogP) is 1.95. The largest absolute Gasteiger partial charge is 0.398 e. The summed E-state index contributed by atoms with van der Waals surface area (Å²) in [6, 6.07) is 6.01. The van der Waals surface area contributed by atoms with Gasteiger partial charge >= 0.3 is 0 Å². The summed E-state index contributed by atoms with van der Waals surface area (Å²) in [6.07, 6.45) is 4.13. The SMILES string of the molecule is Nc1cccc2c1CCN(C(=O)CC1CC1)C2. The van der Waals surface area contributed by atoms with Crippen LogP contribution in [0.1, 0.15) is 30.4 Å². The Morgan fingerprint density at radius 2 is 2.24 bits per heavy atom. The summed E-state index contributed by atoms with van der Waals surface area (Å²) < 4.78 is 0. The molecule has 2 N–H and O–H groups in total. The fourth-order valence-corrected chi connectivity index (χ4v) is 2.55. The summed E-state index contributed by atoms with van der Waals surface area (Å²) in [6.45, 7) is 1.57. The van der Waals surface area contributed by atoms with E-state index >= 15 is 0 Å². The highest BCUT2D eigenvalue weighted by atomic mass is 16.2. The van der Waals surface area contributed by atoms with Gasteiger partial charge in [0.2, 0.25) is 5.91 Å². The maximum Gasteiger partial charge on any atom is 0.223 e. The van der Waals surface area contributed by atoms with Crippen molar-refractivity contribution in [1.29, 1.82) is 0 Å². The molecule has 0 aromatic heterocycles. The third-order valence-corrected chi connectivity index (χ3v) is 3.82. The number of hydrogen-bond acceptors (Lipinski definition) is 2. The Hall–Kier alpha value is -1.51. The van der Waals surface area contributed by atoms with E-state index in [1.165, 1.54) is 24.0 Å². The monoisotopic (exact) mass is 230 g/mol. The number of nitrogens with two attached hydrogens (primary N) is 1. The van der Waals surface area contributed by atoms with Gasteiger partial charge in [-0.3, -0.25) is 4.79 Å². The van der Waals surface area contributed by atoms with E-state index < -0.39 is 0 Å². The standard InChI is InChI=1S/C14H18N2O/c15-13-3-1-2-11-9-16(7-6-12(11)13)14(17)8-10-4-5-10/h1-3,10H,4-9,15H2. The number of rotatable bonds is 2. The first kappa shape index (κ1) is 10.6. The molecule has 0 spiro atoms. The van der Waals surface area contributed by atoms with Crippen LogP contribution in [0.5, 0.6) is 0 Å². The second kappa shape index (κ2) is 4.06. The smallest absolute Gasteiger partial charge is 0.223 e. The van der Waals surface area contributed by atoms with Gasteiger partial charge in [-0.15, -0.1) is 0 Å². The maximum atomic E-state index is 12.0. The highest BCUT2D eigenvalue weighted by molar-refractivity contribution is 5.77. The van der Waals surface area contributed by atoms with Gasteiger partial charge in [-0.2, -0.15) is 0 Å². The molecule has 1 fully saturated rings. The minimum absolute atomic E-state index is 0.320. The highest BCUT2D eigenvalue weighted by Crippen LogP contribution is 2.33. The number of hydrogen-bond donors (Lipinski definition) is 1. The molecule has 0 unspecified atom stereocenters. The van der Waals surface area contributed by atoms with Crippen LogP contribution >= 0.6 is 0 Å². The van der Waals surface area contributed by atoms with E-state index in [0.29, 0.717) is 11.8 Å². The fraction of sp³-hybridized carbons (Fsp3) is 0.500. The number of carbonyl (C=O) groups excluding carboxylic acids is 1. The zero-order valence-electron chi connectivity index (χ0n) is 9.98. The van der Waals surface area contributed by atoms with E-state index in [2.05, 4.69) is 6.07 Å². The summed E-state index contributed by atoms with van der Waals surface area (Å²) in [5, 5.41) is 0. The topological polar surface area (TPSA) is 46.3 Å². The third kappa shape index (κ3) is 2.14. The lowest BCUT2D eigenvalue weighted by atomic mass is 9.97. The van der Waals surface area contributed by atoms with Crippen LogP contribution in [-0.2, 0) is 17.8 Å². The van der Waals surface area contributed by atoms with Gasteiger partial charge in [0.1, 0.15) is 0 Å². The molecule has 2 aliphatic rings. The lowest BCUT2D eigenvalue weighted by molar-refractivity contribution is -0.132. The summed E-state index contributed by atoms with van der Waals surface area (Å²) >= 11 is 0. The molecule has 1 aliphatic heterocycles. The van der Waals surface area contributed by atoms with Crippen molar-refractivity contribution >= 4 is 11.6 Å². The average molecular weight is 230 g/mol. The van der Waals surface area contributed by atoms with Gasteiger partial charge in [-0.05, 0) is 42.4 Å². The van der Waals surface area contributed by atoms with Gasteiger partial charge < -0.3 is 10.6 Å². The molecule has 3 rings (SSSR count). The van der Waals surface area contributed by atoms with E-state index in [1.54, 1.807) is 0 Å². The van der Waals surface area contributed by atoms with Gasteiger partial charge in [0.15, 0.2) is 0 Å². The third-order valence-electron chi connectivity index (χ3n) is 3.82. The minimum Gasteiger partial charge on any atom is -0.398 e. The van der Waals surface area contributed by atoms with Crippen molar-refractivity contribution in [1.82, 2.24) is 4.90 Å². The van der Waals surface area contributed by atoms with Crippen LogP contribution in [0.3, 0.4) is 0 Å². The van der Waals surface area contributed by atoms with Gasteiger partial charge in [-0.1, -0.05) is 12.1 Å². The molecule has 1 aromatic carbocycles. The second-order valence-electron chi connectivity index (χ2n) is 5.20. The fourth-order valence-electron chi connectivity index (χ4n) is 2.55. The van der Waals surface area contributed by atoms with Crippen LogP contribution in [0.4, 0.5) is 5.69 Å². The highest BCUT2D eigenvalue weighted by Gasteiger charge is 2.28. The van der Waals surface area contributed by atoms with Crippen LogP contribution < -0.4 is 5.73 Å². The number of anilines is 1. The maximum absolute atomic E-state index is 12.0. The molecule has 1 aromatic rings. The molecule has 3 heteroatoms. The number of carbonyl (C=O) groups is 1. The van der Waals surface area contributed by atoms with Crippen LogP contribution in [-0.4, -0.2) is 17.4 Å². The number of nitrogens with zero attached hydrogens (tertiary/aromatic N) is 1. The molecular formula is C14H18N2O. The van der Waals surface area contributed by atoms with Crippen molar-refractivity contribution in [3.05, 3.63) is 29.3 Å². The van der Waals surface area contributed by atoms with Gasteiger partial charge in [0, 0.05) is 25.2 Å². The zero-order valence-corrected chi connectivity index (χ0v) is 9.98. The molecule has 0 atom stereocenters. The van der Waals surface area contributed by atoms with E-state index in [9.17, 15) is 4.79 Å². The Kier molecular flexibility index (Phi) is 2.54. The molecule has 17 heavy (non-hydrogen) atoms. The molecule has 90 valence electrons. The first-order chi connectivity index (χ1) is 8.24. The minimum atomic E-state index is 0.320. The number of benzene rings is 1. The summed E-state index contributed by atoms with van der Waals surface area (Å²) in [4.78, 5) is 14.0. The predicted molar refractivity (Wildman–Crippen MR) is 67.3 cm³/mol. The molecule has 1 heterocycles. The number of amides is 1. The van der Waals surface area contributed by atoms with Crippen molar-refractivity contribution in [2.24, 2.45) is 5.92 Å². The number of fused-ring (bicyclic) bond motifs is 1. The van der Waals surface area contributed by atoms with Crippen LogP contribution in [0, 0.1) is 5.92 Å². The van der Waals surface area contributed by atoms with E-state index in [-0.39, 0.29) is 0 Å². The van der Waals surface area contributed by atoms with Gasteiger partial charge in [0.25, 0.3) is 0 Å². The van der Waals surface area contributed by atoms with Crippen molar-refractivity contribution in [2.75, 3.05) is 12.3 Å². The van der Waals surface area contributed by atoms with Gasteiger partial charge in [-0.25, -0.2) is 0 Å². The van der Waals surface area contributed by atoms with Crippen molar-refractivity contribution in [3.63, 3.8) is 0 Å². The molecule has 0 bridgehead atoms. The Morgan fingerprint density at radius 1 is 1.41 bits per heavy atom. The molecule has 1 saturated carbocycles. The van der Waals surface area contributed by atoms with Crippen LogP contribution in [0.15, 0.2) is 18.2 Å². The average Bonchev–Trinajstić information content (AvgIpc) is 3.13. The summed E-state index contributed by atoms with van der Waals surface area (Å²) in [7, 11) is 0. The Labute approximate surface area is 102 Å². The molecule has 0 radical (unpaired) electrons. The number of nitrogen functional groups attached to an aromatic ring is 1. The lowest BCUT2D eigenvalue weighted by Gasteiger charge is -2.29. The molecule has 1 amide bonds. The van der Waals surface area contributed by atoms with Crippen LogP contribution in [0.2, 0.25) is 0 Å². The lowest BCUT2D eigenvalue weighted by Crippen LogP contribution is -2.36. The zero-order chi connectivity index (χ0) is 11.8. The van der Waals surface area contributed by atoms with E-state index in [0.717, 1.165) is 31.6 Å². The van der Waals surface area contributed by atoms with E-state index in [1.807, 2.05) is 17.0 Å². The van der Waals surface area contributed by atoms with Crippen molar-refractivity contribution < 1.29 is 4.79 Å². The first-order valence-electron chi connectivity index (χ1n) is 6.38. The summed E-state index contributed by atoms with van der Waals surface area (Å²) in [5.74, 6) is 0.991.